The summed E-state index contributed by atoms with van der Waals surface area (Å²) in [7, 11) is 0. The fraction of sp³-hybridized carbons (Fsp3) is 0. The van der Waals surface area contributed by atoms with Crippen LogP contribution in [-0.4, -0.2) is 43.6 Å². The van der Waals surface area contributed by atoms with Crippen molar-refractivity contribution in [1.29, 1.82) is 0 Å². The molecule has 0 atom stereocenters. The van der Waals surface area contributed by atoms with Crippen LogP contribution >= 0.6 is 0 Å². The third kappa shape index (κ3) is 6.18. The van der Waals surface area contributed by atoms with Crippen LogP contribution in [0.3, 0.4) is 0 Å². The predicted molar refractivity (Wildman–Crippen MR) is 278 cm³/mol. The molecule has 0 spiro atoms. The topological polar surface area (TPSA) is 92.1 Å². The SMILES string of the molecule is c1ccc(-c2nc(-c3ccc4c(c3)c3c(ccc5c6ccccc6n(-c6ccccc6)c53)n4-c3nc(-c4ccccc4)nc(-c4ccccc4)n3)nc(-n3c4ccccc4c4ccccc43)n2)cc1. The minimum absolute atomic E-state index is 0.511. The largest absolute Gasteiger partial charge is 0.309 e. The maximum absolute atomic E-state index is 5.37. The van der Waals surface area contributed by atoms with E-state index in [1.54, 1.807) is 0 Å². The first kappa shape index (κ1) is 38.6. The van der Waals surface area contributed by atoms with Crippen molar-refractivity contribution in [2.75, 3.05) is 0 Å². The monoisotopic (exact) mass is 883 g/mol. The summed E-state index contributed by atoms with van der Waals surface area (Å²) in [4.78, 5) is 31.5. The fourth-order valence-electron chi connectivity index (χ4n) is 10.1. The summed E-state index contributed by atoms with van der Waals surface area (Å²) < 4.78 is 6.73. The predicted octanol–water partition coefficient (Wildman–Crippen LogP) is 14.0. The maximum Gasteiger partial charge on any atom is 0.238 e. The molecule has 9 aromatic carbocycles. The Hall–Kier alpha value is -9.60. The highest BCUT2D eigenvalue weighted by atomic mass is 15.2. The molecule has 0 saturated heterocycles. The Labute approximate surface area is 394 Å². The molecular weight excluding hydrogens is 847 g/mol. The molecule has 0 aliphatic rings. The van der Waals surface area contributed by atoms with Gasteiger partial charge in [-0.3, -0.25) is 9.13 Å². The number of aromatic nitrogens is 9. The van der Waals surface area contributed by atoms with Crippen molar-refractivity contribution in [3.8, 4) is 63.1 Å². The van der Waals surface area contributed by atoms with Gasteiger partial charge in [0, 0.05) is 60.3 Å². The summed E-state index contributed by atoms with van der Waals surface area (Å²) in [6.07, 6.45) is 0. The molecule has 5 heterocycles. The molecule has 0 fully saturated rings. The minimum Gasteiger partial charge on any atom is -0.309 e. The number of fused-ring (bicyclic) bond motifs is 10. The molecular formula is C60H37N9. The van der Waals surface area contributed by atoms with E-state index in [9.17, 15) is 0 Å². The zero-order valence-corrected chi connectivity index (χ0v) is 36.9. The lowest BCUT2D eigenvalue weighted by Crippen LogP contribution is -2.07. The van der Waals surface area contributed by atoms with Gasteiger partial charge in [0.2, 0.25) is 11.9 Å². The minimum atomic E-state index is 0.511. The van der Waals surface area contributed by atoms with Crippen molar-refractivity contribution in [2.45, 2.75) is 0 Å². The zero-order valence-electron chi connectivity index (χ0n) is 36.9. The van der Waals surface area contributed by atoms with Crippen LogP contribution in [0, 0.1) is 0 Å². The van der Waals surface area contributed by atoms with Crippen LogP contribution in [0.2, 0.25) is 0 Å². The number of hydrogen-bond donors (Lipinski definition) is 0. The van der Waals surface area contributed by atoms with Gasteiger partial charge in [-0.15, -0.1) is 0 Å². The van der Waals surface area contributed by atoms with Crippen LogP contribution in [0.5, 0.6) is 0 Å². The Morgan fingerprint density at radius 2 is 0.623 bits per heavy atom. The van der Waals surface area contributed by atoms with Crippen LogP contribution < -0.4 is 0 Å². The highest BCUT2D eigenvalue weighted by molar-refractivity contribution is 6.26. The summed E-state index contributed by atoms with van der Waals surface area (Å²) in [6.45, 7) is 0. The van der Waals surface area contributed by atoms with Gasteiger partial charge in [0.1, 0.15) is 0 Å². The smallest absolute Gasteiger partial charge is 0.238 e. The lowest BCUT2D eigenvalue weighted by atomic mass is 10.1. The summed E-state index contributed by atoms with van der Waals surface area (Å²) in [6, 6.07) is 77.4. The van der Waals surface area contributed by atoms with Crippen molar-refractivity contribution in [3.05, 3.63) is 224 Å². The molecule has 5 aromatic heterocycles. The molecule has 322 valence electrons. The first-order chi connectivity index (χ1) is 34.2. The molecule has 0 N–H and O–H groups in total. The van der Waals surface area contributed by atoms with Crippen molar-refractivity contribution >= 4 is 65.4 Å². The number of nitrogens with zero attached hydrogens (tertiary/aromatic N) is 9. The van der Waals surface area contributed by atoms with Crippen LogP contribution in [0.25, 0.3) is 129 Å². The molecule has 0 bridgehead atoms. The third-order valence-corrected chi connectivity index (χ3v) is 13.2. The number of para-hydroxylation sites is 4. The summed E-state index contributed by atoms with van der Waals surface area (Å²) in [5.74, 6) is 3.36. The number of hydrogen-bond acceptors (Lipinski definition) is 6. The normalized spacial score (nSPS) is 11.8. The Bertz CT molecular complexity index is 4180. The van der Waals surface area contributed by atoms with Gasteiger partial charge < -0.3 is 4.57 Å². The van der Waals surface area contributed by atoms with Crippen LogP contribution in [0.15, 0.2) is 224 Å². The van der Waals surface area contributed by atoms with Gasteiger partial charge in [-0.05, 0) is 54.6 Å². The fourth-order valence-corrected chi connectivity index (χ4v) is 10.1. The van der Waals surface area contributed by atoms with Gasteiger partial charge >= 0.3 is 0 Å². The second kappa shape index (κ2) is 15.5. The van der Waals surface area contributed by atoms with Crippen molar-refractivity contribution in [1.82, 2.24) is 43.6 Å². The van der Waals surface area contributed by atoms with Crippen LogP contribution in [0.4, 0.5) is 0 Å². The van der Waals surface area contributed by atoms with Crippen LogP contribution in [-0.2, 0) is 0 Å². The van der Waals surface area contributed by atoms with E-state index in [-0.39, 0.29) is 0 Å². The van der Waals surface area contributed by atoms with Crippen molar-refractivity contribution in [2.24, 2.45) is 0 Å². The van der Waals surface area contributed by atoms with E-state index in [2.05, 4.69) is 147 Å². The van der Waals surface area contributed by atoms with Gasteiger partial charge in [0.05, 0.1) is 33.1 Å². The lowest BCUT2D eigenvalue weighted by molar-refractivity contribution is 0.952. The van der Waals surface area contributed by atoms with Gasteiger partial charge in [-0.25, -0.2) is 9.97 Å². The quantitative estimate of drug-likeness (QED) is 0.158. The van der Waals surface area contributed by atoms with Gasteiger partial charge in [-0.2, -0.15) is 19.9 Å². The highest BCUT2D eigenvalue weighted by Crippen LogP contribution is 2.43. The van der Waals surface area contributed by atoms with Crippen molar-refractivity contribution in [3.63, 3.8) is 0 Å². The van der Waals surface area contributed by atoms with E-state index in [0.717, 1.165) is 93.4 Å². The Balaban J connectivity index is 1.10. The van der Waals surface area contributed by atoms with E-state index in [4.69, 9.17) is 29.9 Å². The summed E-state index contributed by atoms with van der Waals surface area (Å²) in [5.41, 5.74) is 10.7. The van der Waals surface area contributed by atoms with E-state index < -0.39 is 0 Å². The zero-order chi connectivity index (χ0) is 45.4. The number of benzene rings is 9. The highest BCUT2D eigenvalue weighted by Gasteiger charge is 2.25. The lowest BCUT2D eigenvalue weighted by Gasteiger charge is -2.12. The van der Waals surface area contributed by atoms with E-state index in [0.29, 0.717) is 35.2 Å². The number of rotatable bonds is 7. The van der Waals surface area contributed by atoms with Gasteiger partial charge in [0.15, 0.2) is 23.3 Å². The summed E-state index contributed by atoms with van der Waals surface area (Å²) in [5, 5.41) is 6.61. The average Bonchev–Trinajstić information content (AvgIpc) is 4.07. The van der Waals surface area contributed by atoms with E-state index in [1.165, 1.54) is 0 Å². The molecule has 14 aromatic rings. The van der Waals surface area contributed by atoms with E-state index >= 15 is 0 Å². The Morgan fingerprint density at radius 3 is 1.13 bits per heavy atom. The van der Waals surface area contributed by atoms with Crippen molar-refractivity contribution < 1.29 is 0 Å². The second-order valence-electron chi connectivity index (χ2n) is 17.1. The second-order valence-corrected chi connectivity index (χ2v) is 17.1. The molecule has 0 saturated carbocycles. The molecule has 0 radical (unpaired) electrons. The molecule has 0 aliphatic carbocycles. The molecule has 9 nitrogen and oxygen atoms in total. The van der Waals surface area contributed by atoms with E-state index in [1.807, 2.05) is 91.0 Å². The first-order valence-electron chi connectivity index (χ1n) is 23.0. The Morgan fingerprint density at radius 1 is 0.246 bits per heavy atom. The standard InChI is InChI=1S/C60H37N9/c1-5-19-38(20-6-1)55-61-56(39-21-7-2-8-22-39)65-60(64-55)69-51-35-33-41(37-47(51)53-52(69)36-34-46-45-29-15-16-30-48(45)67(54(46)53)42-25-11-4-12-26-42)58-62-57(40-23-9-3-10-24-40)63-59(66-58)68-49-31-17-13-27-43(49)44-28-14-18-32-50(44)68/h1-37H. The van der Waals surface area contributed by atoms with Crippen LogP contribution in [0.1, 0.15) is 0 Å². The first-order valence-corrected chi connectivity index (χ1v) is 23.0. The molecule has 69 heavy (non-hydrogen) atoms. The molecule has 0 unspecified atom stereocenters. The summed E-state index contributed by atoms with van der Waals surface area (Å²) >= 11 is 0. The molecule has 0 aliphatic heterocycles. The average molecular weight is 884 g/mol. The molecule has 9 heteroatoms. The third-order valence-electron chi connectivity index (χ3n) is 13.2. The molecule has 0 amide bonds. The molecule has 14 rings (SSSR count). The van der Waals surface area contributed by atoms with Gasteiger partial charge in [0.25, 0.3) is 0 Å². The van der Waals surface area contributed by atoms with Gasteiger partial charge in [-0.1, -0.05) is 170 Å². The maximum atomic E-state index is 5.37. The Kier molecular flexibility index (Phi) is 8.68.